The number of anilines is 1. The van der Waals surface area contributed by atoms with E-state index in [1.165, 1.54) is 16.7 Å². The lowest BCUT2D eigenvalue weighted by molar-refractivity contribution is -0.122. The molecule has 0 N–H and O–H groups in total. The Morgan fingerprint density at radius 2 is 2.06 bits per heavy atom. The molecule has 0 saturated carbocycles. The molecule has 0 atom stereocenters. The molecule has 1 amide bonds. The van der Waals surface area contributed by atoms with Crippen LogP contribution in [-0.2, 0) is 17.9 Å². The van der Waals surface area contributed by atoms with E-state index in [1.807, 2.05) is 12.1 Å². The van der Waals surface area contributed by atoms with Crippen LogP contribution in [0.5, 0.6) is 0 Å². The molecule has 9 heteroatoms. The smallest absolute Gasteiger partial charge is 0.270 e. The predicted molar refractivity (Wildman–Crippen MR) is 143 cm³/mol. The van der Waals surface area contributed by atoms with E-state index in [4.69, 9.17) is 16.6 Å². The van der Waals surface area contributed by atoms with Gasteiger partial charge in [-0.05, 0) is 55.9 Å². The predicted octanol–water partition coefficient (Wildman–Crippen LogP) is 5.06. The lowest BCUT2D eigenvalue weighted by Crippen LogP contribution is -2.39. The van der Waals surface area contributed by atoms with Crippen LogP contribution in [0.15, 0.2) is 32.5 Å². The van der Waals surface area contributed by atoms with Gasteiger partial charge in [0.2, 0.25) is 0 Å². The van der Waals surface area contributed by atoms with Gasteiger partial charge < -0.3 is 9.32 Å². The Kier molecular flexibility index (Phi) is 7.82. The molecule has 0 unspecified atom stereocenters. The Bertz CT molecular complexity index is 1250. The van der Waals surface area contributed by atoms with E-state index < -0.39 is 0 Å². The zero-order chi connectivity index (χ0) is 25.1. The summed E-state index contributed by atoms with van der Waals surface area (Å²) in [6.07, 6.45) is 7.22. The molecule has 4 rings (SSSR count). The molecule has 2 fully saturated rings. The van der Waals surface area contributed by atoms with Gasteiger partial charge in [-0.15, -0.1) is 0 Å². The van der Waals surface area contributed by atoms with Crippen LogP contribution < -0.4 is 10.5 Å². The average Bonchev–Trinajstić information content (AvgIpc) is 3.45. The Labute approximate surface area is 215 Å². The van der Waals surface area contributed by atoms with Crippen molar-refractivity contribution in [3.05, 3.63) is 56.1 Å². The van der Waals surface area contributed by atoms with Crippen molar-refractivity contribution in [1.82, 2.24) is 9.47 Å². The number of carbonyl (C=O) groups is 1. The topological polar surface area (TPSA) is 82.5 Å². The zero-order valence-electron chi connectivity index (χ0n) is 20.4. The molecule has 0 spiro atoms. The van der Waals surface area contributed by atoms with Crippen LogP contribution in [-0.4, -0.2) is 32.8 Å². The third kappa shape index (κ3) is 5.09. The first kappa shape index (κ1) is 25.3. The van der Waals surface area contributed by atoms with Crippen LogP contribution >= 0.6 is 24.0 Å². The third-order valence-electron chi connectivity index (χ3n) is 6.71. The van der Waals surface area contributed by atoms with E-state index in [2.05, 4.69) is 24.8 Å². The van der Waals surface area contributed by atoms with E-state index in [0.717, 1.165) is 50.2 Å². The van der Waals surface area contributed by atoms with Gasteiger partial charge in [0.1, 0.15) is 27.5 Å². The third-order valence-corrected chi connectivity index (χ3v) is 8.09. The van der Waals surface area contributed by atoms with Crippen molar-refractivity contribution >= 4 is 46.1 Å². The fraction of sp³-hybridized carbons (Fsp3) is 0.462. The van der Waals surface area contributed by atoms with Crippen LogP contribution in [0.3, 0.4) is 0 Å². The summed E-state index contributed by atoms with van der Waals surface area (Å²) in [5.41, 5.74) is 1.24. The first-order valence-corrected chi connectivity index (χ1v) is 13.3. The lowest BCUT2D eigenvalue weighted by atomic mass is 9.97. The number of hydrogen-bond acceptors (Lipinski definition) is 7. The Morgan fingerprint density at radius 1 is 1.31 bits per heavy atom. The second kappa shape index (κ2) is 10.8. The van der Waals surface area contributed by atoms with Crippen LogP contribution in [0, 0.1) is 24.2 Å². The second-order valence-electron chi connectivity index (χ2n) is 9.18. The van der Waals surface area contributed by atoms with Gasteiger partial charge in [-0.3, -0.25) is 19.1 Å². The summed E-state index contributed by atoms with van der Waals surface area (Å²) >= 11 is 6.75. The normalized spacial score (nSPS) is 18.1. The summed E-state index contributed by atoms with van der Waals surface area (Å²) in [6, 6.07) is 5.71. The number of carbonyl (C=O) groups excluding carboxylic acids is 1. The Balaban J connectivity index is 1.83. The highest BCUT2D eigenvalue weighted by Gasteiger charge is 2.34. The summed E-state index contributed by atoms with van der Waals surface area (Å²) in [6.45, 7) is 8.59. The molecule has 0 bridgehead atoms. The van der Waals surface area contributed by atoms with E-state index in [-0.39, 0.29) is 23.6 Å². The van der Waals surface area contributed by atoms with Gasteiger partial charge in [0, 0.05) is 25.2 Å². The second-order valence-corrected chi connectivity index (χ2v) is 10.9. The van der Waals surface area contributed by atoms with Gasteiger partial charge in [-0.1, -0.05) is 44.2 Å². The summed E-state index contributed by atoms with van der Waals surface area (Å²) in [5.74, 6) is 1.89. The number of pyridine rings is 1. The number of nitrogens with zero attached hydrogens (tertiary/aromatic N) is 4. The number of amides is 1. The summed E-state index contributed by atoms with van der Waals surface area (Å²) in [7, 11) is 0. The van der Waals surface area contributed by atoms with Crippen molar-refractivity contribution in [3.8, 4) is 6.07 Å². The number of unbranched alkanes of at least 4 members (excludes halogenated alkanes) is 1. The SMILES string of the molecule is CCCCn1c(N2CCC(C)CC2)c(/C=C2/SC(=S)N(Cc3ccco3)C2=O)c(C)c(C#N)c1=O. The standard InChI is InChI=1S/C26H30N4O3S2/c1-4-5-10-29-23(28-11-8-17(2)9-12-28)20(18(3)21(15-27)24(29)31)14-22-25(32)30(26(34)35-22)16-19-7-6-13-33-19/h6-7,13-14,17H,4-5,8-12,16H2,1-3H3/b22-14+. The highest BCUT2D eigenvalue weighted by molar-refractivity contribution is 8.26. The summed E-state index contributed by atoms with van der Waals surface area (Å²) in [5, 5.41) is 9.84. The summed E-state index contributed by atoms with van der Waals surface area (Å²) < 4.78 is 7.62. The molecular weight excluding hydrogens is 480 g/mol. The number of thioether (sulfide) groups is 1. The van der Waals surface area contributed by atoms with Crippen molar-refractivity contribution < 1.29 is 9.21 Å². The molecule has 0 aromatic carbocycles. The number of nitriles is 1. The van der Waals surface area contributed by atoms with Gasteiger partial charge in [-0.25, -0.2) is 0 Å². The lowest BCUT2D eigenvalue weighted by Gasteiger charge is -2.35. The number of aromatic nitrogens is 1. The largest absolute Gasteiger partial charge is 0.467 e. The molecule has 184 valence electrons. The highest BCUT2D eigenvalue weighted by atomic mass is 32.2. The number of thiocarbonyl (C=S) groups is 1. The van der Waals surface area contributed by atoms with Crippen molar-refractivity contribution in [1.29, 1.82) is 5.26 Å². The van der Waals surface area contributed by atoms with Gasteiger partial charge >= 0.3 is 0 Å². The zero-order valence-corrected chi connectivity index (χ0v) is 22.0. The van der Waals surface area contributed by atoms with E-state index >= 15 is 0 Å². The van der Waals surface area contributed by atoms with Crippen molar-refractivity contribution in [2.24, 2.45) is 5.92 Å². The monoisotopic (exact) mass is 510 g/mol. The fourth-order valence-electron chi connectivity index (χ4n) is 4.55. The maximum absolute atomic E-state index is 13.4. The molecule has 4 heterocycles. The van der Waals surface area contributed by atoms with Gasteiger partial charge in [-0.2, -0.15) is 5.26 Å². The number of piperidine rings is 1. The van der Waals surface area contributed by atoms with E-state index in [0.29, 0.717) is 33.0 Å². The molecule has 2 saturated heterocycles. The van der Waals surface area contributed by atoms with Crippen LogP contribution in [0.1, 0.15) is 62.0 Å². The molecular formula is C26H30N4O3S2. The molecule has 0 radical (unpaired) electrons. The molecule has 35 heavy (non-hydrogen) atoms. The number of furan rings is 1. The minimum atomic E-state index is -0.255. The van der Waals surface area contributed by atoms with Gasteiger partial charge in [0.05, 0.1) is 17.7 Å². The maximum atomic E-state index is 13.4. The van der Waals surface area contributed by atoms with Crippen LogP contribution in [0.25, 0.3) is 6.08 Å². The molecule has 2 aromatic rings. The first-order chi connectivity index (χ1) is 16.8. The quantitative estimate of drug-likeness (QED) is 0.380. The van der Waals surface area contributed by atoms with Crippen molar-refractivity contribution in [2.75, 3.05) is 18.0 Å². The minimum absolute atomic E-state index is 0.132. The average molecular weight is 511 g/mol. The fourth-order valence-corrected chi connectivity index (χ4v) is 5.79. The van der Waals surface area contributed by atoms with Gasteiger partial charge in [0.25, 0.3) is 11.5 Å². The molecule has 7 nitrogen and oxygen atoms in total. The van der Waals surface area contributed by atoms with Crippen molar-refractivity contribution in [3.63, 3.8) is 0 Å². The number of hydrogen-bond donors (Lipinski definition) is 0. The maximum Gasteiger partial charge on any atom is 0.270 e. The summed E-state index contributed by atoms with van der Waals surface area (Å²) in [4.78, 5) is 31.0. The first-order valence-electron chi connectivity index (χ1n) is 12.1. The molecule has 0 aliphatic carbocycles. The highest BCUT2D eigenvalue weighted by Crippen LogP contribution is 2.37. The Hall–Kier alpha value is -2.83. The van der Waals surface area contributed by atoms with E-state index in [9.17, 15) is 14.9 Å². The Morgan fingerprint density at radius 3 is 2.69 bits per heavy atom. The minimum Gasteiger partial charge on any atom is -0.467 e. The van der Waals surface area contributed by atoms with Gasteiger partial charge in [0.15, 0.2) is 0 Å². The molecule has 2 aromatic heterocycles. The molecule has 2 aliphatic rings. The number of rotatable bonds is 7. The van der Waals surface area contributed by atoms with Crippen LogP contribution in [0.2, 0.25) is 0 Å². The van der Waals surface area contributed by atoms with E-state index in [1.54, 1.807) is 23.8 Å². The van der Waals surface area contributed by atoms with Crippen LogP contribution in [0.4, 0.5) is 5.82 Å². The molecule has 2 aliphatic heterocycles. The van der Waals surface area contributed by atoms with Crippen molar-refractivity contribution in [2.45, 2.75) is 59.5 Å².